The van der Waals surface area contributed by atoms with E-state index >= 15 is 0 Å². The molecule has 38 heavy (non-hydrogen) atoms. The van der Waals surface area contributed by atoms with Crippen LogP contribution in [-0.2, 0) is 18.0 Å². The molecule has 0 radical (unpaired) electrons. The lowest BCUT2D eigenvalue weighted by Crippen LogP contribution is -2.28. The summed E-state index contributed by atoms with van der Waals surface area (Å²) < 4.78 is 19.1. The Morgan fingerprint density at radius 1 is 1.08 bits per heavy atom. The van der Waals surface area contributed by atoms with Crippen molar-refractivity contribution in [3.05, 3.63) is 86.5 Å². The monoisotopic (exact) mass is 583 g/mol. The van der Waals surface area contributed by atoms with Gasteiger partial charge in [0.05, 0.1) is 28.4 Å². The zero-order valence-corrected chi connectivity index (χ0v) is 22.0. The first-order valence-corrected chi connectivity index (χ1v) is 12.8. The summed E-state index contributed by atoms with van der Waals surface area (Å²) in [6.07, 6.45) is -0.490. The first-order valence-electron chi connectivity index (χ1n) is 12.0. The highest BCUT2D eigenvalue weighted by molar-refractivity contribution is 9.10. The van der Waals surface area contributed by atoms with E-state index in [1.165, 1.54) is 4.57 Å². The van der Waals surface area contributed by atoms with Crippen molar-refractivity contribution >= 4 is 26.8 Å². The van der Waals surface area contributed by atoms with Gasteiger partial charge in [0.1, 0.15) is 37.0 Å². The van der Waals surface area contributed by atoms with Crippen molar-refractivity contribution in [3.63, 3.8) is 0 Å². The molecule has 1 aliphatic heterocycles. The molecule has 0 bridgehead atoms. The lowest BCUT2D eigenvalue weighted by Gasteiger charge is -2.16. The molecule has 0 saturated carbocycles. The minimum atomic E-state index is -0.847. The van der Waals surface area contributed by atoms with Gasteiger partial charge in [-0.3, -0.25) is 4.57 Å². The van der Waals surface area contributed by atoms with E-state index in [2.05, 4.69) is 25.9 Å². The molecule has 3 heterocycles. The molecule has 2 aromatic heterocycles. The van der Waals surface area contributed by atoms with E-state index < -0.39 is 24.1 Å². The molecule has 1 fully saturated rings. The highest BCUT2D eigenvalue weighted by Crippen LogP contribution is 2.31. The average Bonchev–Trinajstić information content (AvgIpc) is 3.30. The number of hydrogen-bond acceptors (Lipinski definition) is 9. The number of ether oxygens (including phenoxy) is 3. The van der Waals surface area contributed by atoms with Crippen LogP contribution in [0.1, 0.15) is 29.5 Å². The maximum atomic E-state index is 12.5. The summed E-state index contributed by atoms with van der Waals surface area (Å²) in [6.45, 7) is 1.90. The normalized spacial score (nSPS) is 19.1. The first-order chi connectivity index (χ1) is 18.3. The molecular weight excluding hydrogens is 558 g/mol. The lowest BCUT2D eigenvalue weighted by molar-refractivity contribution is -0.0460. The predicted molar refractivity (Wildman–Crippen MR) is 141 cm³/mol. The average molecular weight is 584 g/mol. The molecule has 3 N–H and O–H groups in total. The number of halogens is 1. The maximum Gasteiger partial charge on any atom is 0.352 e. The lowest BCUT2D eigenvalue weighted by atomic mass is 10.2. The predicted octanol–water partition coefficient (Wildman–Crippen LogP) is 3.37. The van der Waals surface area contributed by atoms with Crippen molar-refractivity contribution < 1.29 is 29.5 Å². The Bertz CT molecular complexity index is 1510. The number of aromatic nitrogens is 3. The molecule has 5 rings (SSSR count). The van der Waals surface area contributed by atoms with Crippen LogP contribution in [-0.4, -0.2) is 48.7 Å². The van der Waals surface area contributed by atoms with E-state index in [9.17, 15) is 20.1 Å². The quantitative estimate of drug-likeness (QED) is 0.285. The number of aliphatic hydroxyl groups excluding tert-OH is 2. The third-order valence-electron chi connectivity index (χ3n) is 6.31. The van der Waals surface area contributed by atoms with Crippen molar-refractivity contribution in [3.8, 4) is 17.4 Å². The summed E-state index contributed by atoms with van der Waals surface area (Å²) in [5.74, 6) is 0.997. The molecule has 10 nitrogen and oxygen atoms in total. The molecule has 3 atom stereocenters. The number of phenols is 1. The molecule has 0 aliphatic carbocycles. The number of rotatable bonds is 8. The largest absolute Gasteiger partial charge is 0.507 e. The Labute approximate surface area is 226 Å². The van der Waals surface area contributed by atoms with Gasteiger partial charge in [-0.05, 0) is 58.7 Å². The van der Waals surface area contributed by atoms with Crippen molar-refractivity contribution in [2.24, 2.45) is 0 Å². The van der Waals surface area contributed by atoms with Crippen molar-refractivity contribution in [2.75, 3.05) is 6.61 Å². The van der Waals surface area contributed by atoms with Gasteiger partial charge in [0.15, 0.2) is 0 Å². The number of aliphatic hydroxyl groups is 2. The number of nitrogens with zero attached hydrogens (tertiary/aromatic N) is 3. The maximum absolute atomic E-state index is 12.5. The van der Waals surface area contributed by atoms with Crippen LogP contribution in [0.2, 0.25) is 0 Å². The fourth-order valence-corrected chi connectivity index (χ4v) is 4.66. The van der Waals surface area contributed by atoms with Crippen LogP contribution >= 0.6 is 15.9 Å². The van der Waals surface area contributed by atoms with E-state index in [0.717, 1.165) is 16.6 Å². The summed E-state index contributed by atoms with van der Waals surface area (Å²) >= 11 is 3.37. The van der Waals surface area contributed by atoms with Gasteiger partial charge in [0.2, 0.25) is 5.88 Å². The molecule has 1 aliphatic rings. The van der Waals surface area contributed by atoms with E-state index in [-0.39, 0.29) is 37.9 Å². The third-order valence-corrected chi connectivity index (χ3v) is 7.09. The van der Waals surface area contributed by atoms with Gasteiger partial charge in [0.25, 0.3) is 0 Å². The molecule has 0 amide bonds. The summed E-state index contributed by atoms with van der Waals surface area (Å²) in [6, 6.07) is 14.6. The van der Waals surface area contributed by atoms with Crippen LogP contribution in [0.3, 0.4) is 0 Å². The van der Waals surface area contributed by atoms with Gasteiger partial charge in [-0.15, -0.1) is 0 Å². The van der Waals surface area contributed by atoms with Gasteiger partial charge < -0.3 is 29.5 Å². The van der Waals surface area contributed by atoms with Crippen molar-refractivity contribution in [1.29, 1.82) is 0 Å². The zero-order chi connectivity index (χ0) is 26.8. The molecule has 3 unspecified atom stereocenters. The Kier molecular flexibility index (Phi) is 7.61. The topological polar surface area (TPSA) is 136 Å². The number of phenolic OH excluding ortho intramolecular Hbond substituents is 1. The van der Waals surface area contributed by atoms with Crippen LogP contribution < -0.4 is 15.2 Å². The van der Waals surface area contributed by atoms with Gasteiger partial charge in [-0.25, -0.2) is 9.78 Å². The van der Waals surface area contributed by atoms with Crippen molar-refractivity contribution in [1.82, 2.24) is 14.5 Å². The number of aromatic hydroxyl groups is 1. The number of benzene rings is 2. The third kappa shape index (κ3) is 5.51. The number of pyridine rings is 1. The van der Waals surface area contributed by atoms with Gasteiger partial charge in [-0.1, -0.05) is 18.2 Å². The molecule has 198 valence electrons. The number of hydrogen-bond donors (Lipinski definition) is 3. The minimum absolute atomic E-state index is 0.131. The first kappa shape index (κ1) is 26.1. The standard InChI is InChI=1S/C27H26BrN3O7/c1-15-11-31(23-10-21(34)22(12-32)38-23)27(35)30-26(15)37-13-16-2-7-19(8-3-16)36-14-18-6-4-17-5-9-20(33)24(28)25(17)29-18/h2-9,11,21-23,32-34H,10,12-14H2,1H3. The Balaban J connectivity index is 1.19. The second kappa shape index (κ2) is 11.1. The van der Waals surface area contributed by atoms with Crippen LogP contribution in [0.25, 0.3) is 10.9 Å². The molecule has 0 spiro atoms. The van der Waals surface area contributed by atoms with Crippen LogP contribution in [0.15, 0.2) is 64.0 Å². The summed E-state index contributed by atoms with van der Waals surface area (Å²) in [5, 5.41) is 30.0. The molecular formula is C27H26BrN3O7. The highest BCUT2D eigenvalue weighted by Gasteiger charge is 2.35. The van der Waals surface area contributed by atoms with E-state index in [0.29, 0.717) is 21.3 Å². The smallest absolute Gasteiger partial charge is 0.352 e. The number of fused-ring (bicyclic) bond motifs is 1. The highest BCUT2D eigenvalue weighted by atomic mass is 79.9. The molecule has 11 heteroatoms. The zero-order valence-electron chi connectivity index (χ0n) is 20.5. The van der Waals surface area contributed by atoms with Gasteiger partial charge in [0, 0.05) is 23.6 Å². The minimum Gasteiger partial charge on any atom is -0.507 e. The Morgan fingerprint density at radius 2 is 1.84 bits per heavy atom. The molecule has 2 aromatic carbocycles. The second-order valence-electron chi connectivity index (χ2n) is 9.03. The molecule has 1 saturated heterocycles. The van der Waals surface area contributed by atoms with Crippen LogP contribution in [0, 0.1) is 6.92 Å². The summed E-state index contributed by atoms with van der Waals surface area (Å²) in [7, 11) is 0. The Morgan fingerprint density at radius 3 is 2.58 bits per heavy atom. The van der Waals surface area contributed by atoms with Gasteiger partial charge in [-0.2, -0.15) is 4.98 Å². The summed E-state index contributed by atoms with van der Waals surface area (Å²) in [5.41, 5.74) is 2.32. The Hall–Kier alpha value is -3.51. The second-order valence-corrected chi connectivity index (χ2v) is 9.82. The SMILES string of the molecule is Cc1cn(C2CC(O)C(CO)O2)c(=O)nc1OCc1ccc(OCc2ccc3ccc(O)c(Br)c3n2)cc1. The van der Waals surface area contributed by atoms with E-state index in [1.807, 2.05) is 36.4 Å². The van der Waals surface area contributed by atoms with E-state index in [4.69, 9.17) is 14.2 Å². The van der Waals surface area contributed by atoms with Gasteiger partial charge >= 0.3 is 5.69 Å². The summed E-state index contributed by atoms with van der Waals surface area (Å²) in [4.78, 5) is 21.1. The van der Waals surface area contributed by atoms with Crippen LogP contribution in [0.4, 0.5) is 0 Å². The van der Waals surface area contributed by atoms with Crippen LogP contribution in [0.5, 0.6) is 17.4 Å². The fraction of sp³-hybridized carbons (Fsp3) is 0.296. The fourth-order valence-electron chi connectivity index (χ4n) is 4.21. The van der Waals surface area contributed by atoms with E-state index in [1.54, 1.807) is 25.3 Å². The number of aryl methyl sites for hydroxylation is 1. The molecule has 4 aromatic rings. The van der Waals surface area contributed by atoms with Crippen molar-refractivity contribution in [2.45, 2.75) is 45.0 Å².